The molecule has 41 heavy (non-hydrogen) atoms. The third-order valence-corrected chi connectivity index (χ3v) is 9.03. The highest BCUT2D eigenvalue weighted by Crippen LogP contribution is 2.42. The number of allylic oxidation sites excluding steroid dienone is 2. The minimum atomic E-state index is -0.275. The van der Waals surface area contributed by atoms with Crippen LogP contribution in [0.2, 0.25) is 0 Å². The Bertz CT molecular complexity index is 1330. The molecule has 4 rings (SSSR count). The predicted octanol–water partition coefficient (Wildman–Crippen LogP) is 9.09. The molecule has 5 nitrogen and oxygen atoms in total. The third kappa shape index (κ3) is 8.31. The first-order valence-corrected chi connectivity index (χ1v) is 15.5. The molecule has 0 spiro atoms. The molecule has 0 fully saturated rings. The summed E-state index contributed by atoms with van der Waals surface area (Å²) in [4.78, 5) is 13.6. The van der Waals surface area contributed by atoms with Crippen LogP contribution in [0.15, 0.2) is 66.2 Å². The molecule has 1 unspecified atom stereocenters. The average Bonchev–Trinajstić information content (AvgIpc) is 3.66. The van der Waals surface area contributed by atoms with E-state index in [2.05, 4.69) is 49.4 Å². The van der Waals surface area contributed by atoms with Gasteiger partial charge in [-0.25, -0.2) is 4.79 Å². The first kappa shape index (κ1) is 30.6. The van der Waals surface area contributed by atoms with Crippen LogP contribution in [0.3, 0.4) is 0 Å². The molecule has 0 aliphatic heterocycles. The summed E-state index contributed by atoms with van der Waals surface area (Å²) >= 11 is 1.51. The number of esters is 1. The summed E-state index contributed by atoms with van der Waals surface area (Å²) < 4.78 is 16.6. The van der Waals surface area contributed by atoms with Crippen molar-refractivity contribution in [3.05, 3.63) is 92.7 Å². The highest BCUT2D eigenvalue weighted by molar-refractivity contribution is 7.13. The van der Waals surface area contributed by atoms with E-state index in [0.717, 1.165) is 67.4 Å². The molecule has 1 heterocycles. The van der Waals surface area contributed by atoms with Crippen molar-refractivity contribution in [2.24, 2.45) is 5.92 Å². The Hall–Kier alpha value is -3.40. The van der Waals surface area contributed by atoms with E-state index in [-0.39, 0.29) is 12.1 Å². The van der Waals surface area contributed by atoms with E-state index in [0.29, 0.717) is 17.4 Å². The second-order valence-corrected chi connectivity index (χ2v) is 11.8. The summed E-state index contributed by atoms with van der Waals surface area (Å²) in [7, 11) is 3.09. The zero-order valence-corrected chi connectivity index (χ0v) is 25.3. The van der Waals surface area contributed by atoms with Gasteiger partial charge >= 0.3 is 5.97 Å². The number of unbranched alkanes of at least 4 members (excludes halogenated alkanes) is 2. The molecule has 0 saturated carbocycles. The number of carbonyl (C=O) groups is 1. The van der Waals surface area contributed by atoms with Gasteiger partial charge in [-0.2, -0.15) is 5.26 Å². The van der Waals surface area contributed by atoms with Gasteiger partial charge in [0.05, 0.1) is 33.0 Å². The number of ether oxygens (including phenoxy) is 3. The summed E-state index contributed by atoms with van der Waals surface area (Å²) in [6.45, 7) is 2.78. The van der Waals surface area contributed by atoms with E-state index < -0.39 is 0 Å². The number of carbonyl (C=O) groups excluding carboxylic acids is 1. The molecule has 216 valence electrons. The van der Waals surface area contributed by atoms with Gasteiger partial charge in [-0.1, -0.05) is 62.6 Å². The maximum absolute atomic E-state index is 11.8. The van der Waals surface area contributed by atoms with Crippen LogP contribution in [-0.2, 0) is 22.5 Å². The number of nitrogens with zero attached hydrogens (tertiary/aromatic N) is 1. The maximum Gasteiger partial charge on any atom is 0.348 e. The zero-order valence-electron chi connectivity index (χ0n) is 24.5. The summed E-state index contributed by atoms with van der Waals surface area (Å²) in [5.74, 6) is 0.949. The van der Waals surface area contributed by atoms with Crippen LogP contribution in [0.4, 0.5) is 0 Å². The van der Waals surface area contributed by atoms with Crippen LogP contribution in [0.1, 0.15) is 95.6 Å². The lowest BCUT2D eigenvalue weighted by molar-refractivity contribution is 0.0322. The fourth-order valence-corrected chi connectivity index (χ4v) is 6.59. The number of rotatable bonds is 15. The standard InChI is InChI=1S/C35H41NO4S/c1-4-5-6-10-32(40-24-25-11-19-30(38-2)20-12-25)26-13-15-28(16-14-26)34-27(17-18-29(34)23-36)8-7-9-31-21-22-33(41-31)35(37)39-3/h11-16,19-22,27,32H,4-10,17-18,24H2,1-3H3/t27-,32?/m0/s1. The number of benzene rings is 2. The van der Waals surface area contributed by atoms with Gasteiger partial charge in [0.25, 0.3) is 0 Å². The number of thiophene rings is 1. The van der Waals surface area contributed by atoms with E-state index in [9.17, 15) is 10.1 Å². The van der Waals surface area contributed by atoms with Gasteiger partial charge in [-0.3, -0.25) is 0 Å². The van der Waals surface area contributed by atoms with Crippen molar-refractivity contribution in [1.82, 2.24) is 0 Å². The fraction of sp³-hybridized carbons (Fsp3) is 0.429. The Morgan fingerprint density at radius 3 is 2.49 bits per heavy atom. The second-order valence-electron chi connectivity index (χ2n) is 10.7. The number of aryl methyl sites for hydroxylation is 1. The van der Waals surface area contributed by atoms with Gasteiger partial charge in [0, 0.05) is 10.5 Å². The Morgan fingerprint density at radius 2 is 1.80 bits per heavy atom. The van der Waals surface area contributed by atoms with Gasteiger partial charge in [0.15, 0.2) is 0 Å². The molecule has 2 aromatic carbocycles. The van der Waals surface area contributed by atoms with Crippen LogP contribution in [0.5, 0.6) is 5.75 Å². The molecule has 0 bridgehead atoms. The Kier molecular flexibility index (Phi) is 11.6. The van der Waals surface area contributed by atoms with Crippen molar-refractivity contribution in [3.63, 3.8) is 0 Å². The van der Waals surface area contributed by atoms with Gasteiger partial charge in [-0.05, 0) is 91.0 Å². The van der Waals surface area contributed by atoms with Crippen molar-refractivity contribution in [1.29, 1.82) is 5.26 Å². The van der Waals surface area contributed by atoms with Crippen LogP contribution in [0, 0.1) is 17.2 Å². The minimum Gasteiger partial charge on any atom is -0.497 e. The second kappa shape index (κ2) is 15.6. The molecule has 3 aromatic rings. The summed E-state index contributed by atoms with van der Waals surface area (Å²) in [6, 6.07) is 23.2. The van der Waals surface area contributed by atoms with E-state index in [1.54, 1.807) is 7.11 Å². The highest BCUT2D eigenvalue weighted by atomic mass is 32.1. The molecule has 0 amide bonds. The topological polar surface area (TPSA) is 68.5 Å². The van der Waals surface area contributed by atoms with Crippen molar-refractivity contribution in [2.75, 3.05) is 14.2 Å². The monoisotopic (exact) mass is 571 g/mol. The molecule has 0 radical (unpaired) electrons. The number of nitriles is 1. The lowest BCUT2D eigenvalue weighted by atomic mass is 9.88. The van der Waals surface area contributed by atoms with E-state index in [1.807, 2.05) is 24.3 Å². The van der Waals surface area contributed by atoms with Gasteiger partial charge < -0.3 is 14.2 Å². The Morgan fingerprint density at radius 1 is 1.02 bits per heavy atom. The molecule has 1 aliphatic rings. The molecule has 1 aromatic heterocycles. The third-order valence-electron chi connectivity index (χ3n) is 7.91. The quantitative estimate of drug-likeness (QED) is 0.134. The first-order chi connectivity index (χ1) is 20.1. The van der Waals surface area contributed by atoms with Gasteiger partial charge in [-0.15, -0.1) is 11.3 Å². The van der Waals surface area contributed by atoms with Gasteiger partial charge in [0.1, 0.15) is 10.6 Å². The highest BCUT2D eigenvalue weighted by Gasteiger charge is 2.27. The minimum absolute atomic E-state index is 0.0298. The molecule has 6 heteroatoms. The van der Waals surface area contributed by atoms with Crippen LogP contribution in [-0.4, -0.2) is 20.2 Å². The molecule has 2 atom stereocenters. The van der Waals surface area contributed by atoms with Gasteiger partial charge in [0.2, 0.25) is 0 Å². The van der Waals surface area contributed by atoms with Crippen molar-refractivity contribution >= 4 is 22.9 Å². The Balaban J connectivity index is 1.42. The summed E-state index contributed by atoms with van der Waals surface area (Å²) in [5.41, 5.74) is 5.60. The van der Waals surface area contributed by atoms with E-state index in [4.69, 9.17) is 14.2 Å². The first-order valence-electron chi connectivity index (χ1n) is 14.7. The largest absolute Gasteiger partial charge is 0.497 e. The lowest BCUT2D eigenvalue weighted by Crippen LogP contribution is -2.06. The van der Waals surface area contributed by atoms with E-state index in [1.165, 1.54) is 47.3 Å². The molecule has 1 aliphatic carbocycles. The SMILES string of the molecule is CCCCCC(OCc1ccc(OC)cc1)c1ccc(C2=C(C#N)CC[C@@H]2CCCc2ccc(C(=O)OC)s2)cc1. The van der Waals surface area contributed by atoms with Crippen LogP contribution >= 0.6 is 11.3 Å². The Labute approximate surface area is 248 Å². The average molecular weight is 572 g/mol. The van der Waals surface area contributed by atoms with Crippen LogP contribution in [0.25, 0.3) is 5.57 Å². The molecular formula is C35H41NO4S. The lowest BCUT2D eigenvalue weighted by Gasteiger charge is -2.20. The fourth-order valence-electron chi connectivity index (χ4n) is 5.63. The molecular weight excluding hydrogens is 530 g/mol. The predicted molar refractivity (Wildman–Crippen MR) is 165 cm³/mol. The molecule has 0 saturated heterocycles. The zero-order chi connectivity index (χ0) is 29.0. The molecule has 0 N–H and O–H groups in total. The number of hydrogen-bond acceptors (Lipinski definition) is 6. The normalized spacial score (nSPS) is 15.5. The van der Waals surface area contributed by atoms with E-state index >= 15 is 0 Å². The van der Waals surface area contributed by atoms with Crippen molar-refractivity contribution in [2.45, 2.75) is 77.4 Å². The summed E-state index contributed by atoms with van der Waals surface area (Å²) in [5, 5.41) is 9.89. The van der Waals surface area contributed by atoms with Crippen molar-refractivity contribution in [3.8, 4) is 11.8 Å². The number of methoxy groups -OCH3 is 2. The maximum atomic E-state index is 11.8. The number of hydrogen-bond donors (Lipinski definition) is 0. The van der Waals surface area contributed by atoms with Crippen molar-refractivity contribution < 1.29 is 19.0 Å². The van der Waals surface area contributed by atoms with Crippen LogP contribution < -0.4 is 4.74 Å². The smallest absolute Gasteiger partial charge is 0.348 e. The summed E-state index contributed by atoms with van der Waals surface area (Å²) in [6.07, 6.45) is 9.34.